The maximum atomic E-state index is 12.8. The third-order valence-electron chi connectivity index (χ3n) is 3.73. The van der Waals surface area contributed by atoms with Crippen LogP contribution in [0.5, 0.6) is 0 Å². The van der Waals surface area contributed by atoms with Gasteiger partial charge < -0.3 is 14.2 Å². The maximum Gasteiger partial charge on any atom is 0.413 e. The zero-order chi connectivity index (χ0) is 18.1. The fourth-order valence-electron chi connectivity index (χ4n) is 2.81. The maximum absolute atomic E-state index is 12.8. The van der Waals surface area contributed by atoms with Crippen LogP contribution < -0.4 is 0 Å². The van der Waals surface area contributed by atoms with E-state index in [9.17, 15) is 9.59 Å². The van der Waals surface area contributed by atoms with Crippen LogP contribution in [0.3, 0.4) is 0 Å². The molecule has 1 amide bonds. The molecule has 6 nitrogen and oxygen atoms in total. The molecule has 2 atom stereocenters. The van der Waals surface area contributed by atoms with Crippen molar-refractivity contribution in [2.45, 2.75) is 58.1 Å². The first-order valence-electron chi connectivity index (χ1n) is 7.90. The highest BCUT2D eigenvalue weighted by atomic mass is 16.6. The van der Waals surface area contributed by atoms with Gasteiger partial charge in [0.2, 0.25) is 0 Å². The molecule has 0 N–H and O–H groups in total. The average molecular weight is 335 g/mol. The number of esters is 1. The number of carbonyl (C=O) groups excluding carboxylic acids is 2. The van der Waals surface area contributed by atoms with E-state index in [-0.39, 0.29) is 0 Å². The third-order valence-corrected chi connectivity index (χ3v) is 3.73. The van der Waals surface area contributed by atoms with Gasteiger partial charge in [0.15, 0.2) is 6.10 Å². The molecule has 1 fully saturated rings. The normalized spacial score (nSPS) is 23.0. The molecule has 132 valence electrons. The summed E-state index contributed by atoms with van der Waals surface area (Å²) in [6, 6.07) is 8.65. The number of benzene rings is 1. The molecule has 0 radical (unpaired) electrons. The molecule has 1 heterocycles. The lowest BCUT2D eigenvalue weighted by Gasteiger charge is -2.35. The Kier molecular flexibility index (Phi) is 4.90. The molecule has 0 spiro atoms. The minimum atomic E-state index is -1.01. The van der Waals surface area contributed by atoms with E-state index in [1.54, 1.807) is 34.6 Å². The largest absolute Gasteiger partial charge is 0.467 e. The van der Waals surface area contributed by atoms with Gasteiger partial charge >= 0.3 is 12.1 Å². The third kappa shape index (κ3) is 3.70. The molecule has 1 aromatic carbocycles. The molecule has 0 bridgehead atoms. The minimum absolute atomic E-state index is 0.525. The van der Waals surface area contributed by atoms with Crippen LogP contribution in [0.15, 0.2) is 30.3 Å². The van der Waals surface area contributed by atoms with Crippen LogP contribution >= 0.6 is 0 Å². The Hall–Kier alpha value is -2.08. The van der Waals surface area contributed by atoms with Gasteiger partial charge in [-0.1, -0.05) is 30.3 Å². The van der Waals surface area contributed by atoms with Crippen LogP contribution in [0.2, 0.25) is 0 Å². The first-order chi connectivity index (χ1) is 11.1. The van der Waals surface area contributed by atoms with E-state index in [0.29, 0.717) is 0 Å². The van der Waals surface area contributed by atoms with Crippen molar-refractivity contribution in [1.82, 2.24) is 4.90 Å². The van der Waals surface area contributed by atoms with Gasteiger partial charge in [-0.2, -0.15) is 0 Å². The number of hydrogen-bond donors (Lipinski definition) is 0. The highest BCUT2D eigenvalue weighted by molar-refractivity contribution is 5.79. The van der Waals surface area contributed by atoms with Crippen LogP contribution in [0, 0.1) is 0 Å². The highest BCUT2D eigenvalue weighted by Crippen LogP contribution is 2.42. The van der Waals surface area contributed by atoms with Gasteiger partial charge in [-0.3, -0.25) is 4.90 Å². The summed E-state index contributed by atoms with van der Waals surface area (Å²) in [5.74, 6) is -0.525. The summed E-state index contributed by atoms with van der Waals surface area (Å²) in [6.07, 6.45) is -1.45. The zero-order valence-electron chi connectivity index (χ0n) is 15.0. The summed E-state index contributed by atoms with van der Waals surface area (Å²) in [4.78, 5) is 26.5. The molecule has 0 unspecified atom stereocenters. The second-order valence-corrected chi connectivity index (χ2v) is 7.21. The van der Waals surface area contributed by atoms with E-state index in [1.807, 2.05) is 30.3 Å². The molecular formula is C18H25NO5. The fourth-order valence-corrected chi connectivity index (χ4v) is 2.81. The quantitative estimate of drug-likeness (QED) is 0.776. The molecule has 0 aromatic heterocycles. The molecule has 0 saturated carbocycles. The van der Waals surface area contributed by atoms with E-state index in [2.05, 4.69) is 0 Å². The van der Waals surface area contributed by atoms with Gasteiger partial charge in [-0.25, -0.2) is 9.59 Å². The molecule has 1 aromatic rings. The summed E-state index contributed by atoms with van der Waals surface area (Å²) in [7, 11) is 1.30. The lowest BCUT2D eigenvalue weighted by molar-refractivity contribution is -0.158. The predicted molar refractivity (Wildman–Crippen MR) is 88.2 cm³/mol. The van der Waals surface area contributed by atoms with Crippen molar-refractivity contribution in [2.75, 3.05) is 7.11 Å². The van der Waals surface area contributed by atoms with Crippen molar-refractivity contribution in [3.05, 3.63) is 35.9 Å². The SMILES string of the molecule is COC(=O)[C@H]1OC(C)(C)N(C(=O)OC(C)(C)C)[C@H]1c1ccccc1. The molecule has 1 saturated heterocycles. The van der Waals surface area contributed by atoms with Gasteiger partial charge in [-0.05, 0) is 40.2 Å². The van der Waals surface area contributed by atoms with E-state index in [0.717, 1.165) is 5.56 Å². The lowest BCUT2D eigenvalue weighted by Crippen LogP contribution is -2.47. The summed E-state index contributed by atoms with van der Waals surface area (Å²) in [5, 5.41) is 0. The van der Waals surface area contributed by atoms with Crippen molar-refractivity contribution >= 4 is 12.1 Å². The van der Waals surface area contributed by atoms with Gasteiger partial charge in [0, 0.05) is 0 Å². The van der Waals surface area contributed by atoms with Crippen molar-refractivity contribution in [2.24, 2.45) is 0 Å². The first kappa shape index (κ1) is 18.3. The Morgan fingerprint density at radius 1 is 1.17 bits per heavy atom. The van der Waals surface area contributed by atoms with Crippen LogP contribution in [0.1, 0.15) is 46.2 Å². The van der Waals surface area contributed by atoms with Gasteiger partial charge in [0.1, 0.15) is 17.4 Å². The zero-order valence-corrected chi connectivity index (χ0v) is 15.0. The molecule has 1 aliphatic heterocycles. The number of ether oxygens (including phenoxy) is 3. The Labute approximate surface area is 142 Å². The lowest BCUT2D eigenvalue weighted by atomic mass is 10.0. The Morgan fingerprint density at radius 2 is 1.75 bits per heavy atom. The van der Waals surface area contributed by atoms with Crippen LogP contribution in [0.25, 0.3) is 0 Å². The molecule has 1 aliphatic rings. The topological polar surface area (TPSA) is 65.1 Å². The summed E-state index contributed by atoms with van der Waals surface area (Å²) in [6.45, 7) is 8.85. The Balaban J connectivity index is 2.47. The predicted octanol–water partition coefficient (Wildman–Crippen LogP) is 3.27. The van der Waals surface area contributed by atoms with E-state index in [1.165, 1.54) is 12.0 Å². The monoisotopic (exact) mass is 335 g/mol. The van der Waals surface area contributed by atoms with Gasteiger partial charge in [-0.15, -0.1) is 0 Å². The van der Waals surface area contributed by atoms with Crippen molar-refractivity contribution in [1.29, 1.82) is 0 Å². The Morgan fingerprint density at radius 3 is 2.25 bits per heavy atom. The second kappa shape index (κ2) is 6.43. The minimum Gasteiger partial charge on any atom is -0.467 e. The summed E-state index contributed by atoms with van der Waals surface area (Å²) >= 11 is 0. The standard InChI is InChI=1S/C18H25NO5/c1-17(2,3)24-16(21)19-13(12-10-8-7-9-11-12)14(15(20)22-6)23-18(19,4)5/h7-11,13-14H,1-6H3/t13-,14-/m0/s1. The number of methoxy groups -OCH3 is 1. The molecule has 2 rings (SSSR count). The molecule has 24 heavy (non-hydrogen) atoms. The molecular weight excluding hydrogens is 310 g/mol. The number of carbonyl (C=O) groups is 2. The summed E-state index contributed by atoms with van der Waals surface area (Å²) < 4.78 is 16.3. The highest BCUT2D eigenvalue weighted by Gasteiger charge is 2.54. The molecule has 0 aliphatic carbocycles. The van der Waals surface area contributed by atoms with Gasteiger partial charge in [0.25, 0.3) is 0 Å². The van der Waals surface area contributed by atoms with E-state index < -0.39 is 35.5 Å². The number of hydrogen-bond acceptors (Lipinski definition) is 5. The number of amides is 1. The molecule has 6 heteroatoms. The fraction of sp³-hybridized carbons (Fsp3) is 0.556. The Bertz CT molecular complexity index is 606. The van der Waals surface area contributed by atoms with Gasteiger partial charge in [0.05, 0.1) is 7.11 Å². The van der Waals surface area contributed by atoms with Crippen LogP contribution in [-0.4, -0.2) is 41.5 Å². The smallest absolute Gasteiger partial charge is 0.413 e. The number of nitrogens with zero attached hydrogens (tertiary/aromatic N) is 1. The van der Waals surface area contributed by atoms with Crippen LogP contribution in [-0.2, 0) is 19.0 Å². The van der Waals surface area contributed by atoms with Crippen LogP contribution in [0.4, 0.5) is 4.79 Å². The average Bonchev–Trinajstić information content (AvgIpc) is 2.77. The summed E-state index contributed by atoms with van der Waals surface area (Å²) in [5.41, 5.74) is -0.885. The van der Waals surface area contributed by atoms with Crippen molar-refractivity contribution < 1.29 is 23.8 Å². The number of rotatable bonds is 2. The van der Waals surface area contributed by atoms with E-state index >= 15 is 0 Å². The van der Waals surface area contributed by atoms with Crippen molar-refractivity contribution in [3.8, 4) is 0 Å². The first-order valence-corrected chi connectivity index (χ1v) is 7.90. The van der Waals surface area contributed by atoms with Crippen molar-refractivity contribution in [3.63, 3.8) is 0 Å². The second-order valence-electron chi connectivity index (χ2n) is 7.21. The van der Waals surface area contributed by atoms with E-state index in [4.69, 9.17) is 14.2 Å².